The van der Waals surface area contributed by atoms with Gasteiger partial charge < -0.3 is 4.90 Å². The Balaban J connectivity index is 1.52. The number of rotatable bonds is 3. The summed E-state index contributed by atoms with van der Waals surface area (Å²) in [5.41, 5.74) is 3.13. The van der Waals surface area contributed by atoms with Crippen molar-refractivity contribution >= 4 is 27.5 Å². The van der Waals surface area contributed by atoms with Crippen molar-refractivity contribution in [1.82, 2.24) is 9.88 Å². The lowest BCUT2D eigenvalue weighted by Gasteiger charge is -2.32. The number of piperidine rings is 1. The van der Waals surface area contributed by atoms with Gasteiger partial charge in [0.25, 0.3) is 5.91 Å². The SMILES string of the molecule is CCc1ccc(C(=O)N2CCC[C@@H](c3nc4ccccc4s3)C2)cc1. The van der Waals surface area contributed by atoms with Crippen LogP contribution in [0.4, 0.5) is 0 Å². The van der Waals surface area contributed by atoms with Crippen molar-refractivity contribution in [2.24, 2.45) is 0 Å². The van der Waals surface area contributed by atoms with E-state index in [9.17, 15) is 4.79 Å². The molecular formula is C21H22N2OS. The first-order valence-corrected chi connectivity index (χ1v) is 9.80. The molecule has 2 aromatic carbocycles. The first-order chi connectivity index (χ1) is 12.2. The highest BCUT2D eigenvalue weighted by Crippen LogP contribution is 2.33. The lowest BCUT2D eigenvalue weighted by molar-refractivity contribution is 0.0707. The molecule has 128 valence electrons. The van der Waals surface area contributed by atoms with Crippen LogP contribution in [0.2, 0.25) is 0 Å². The molecule has 0 spiro atoms. The van der Waals surface area contributed by atoms with Crippen LogP contribution >= 0.6 is 11.3 Å². The molecule has 0 saturated carbocycles. The molecule has 25 heavy (non-hydrogen) atoms. The van der Waals surface area contributed by atoms with Crippen molar-refractivity contribution in [2.45, 2.75) is 32.1 Å². The molecule has 1 aliphatic heterocycles. The largest absolute Gasteiger partial charge is 0.338 e. The van der Waals surface area contributed by atoms with Gasteiger partial charge in [-0.25, -0.2) is 4.98 Å². The topological polar surface area (TPSA) is 33.2 Å². The number of likely N-dealkylation sites (tertiary alicyclic amines) is 1. The van der Waals surface area contributed by atoms with Crippen molar-refractivity contribution < 1.29 is 4.79 Å². The Kier molecular flexibility index (Phi) is 4.53. The third-order valence-electron chi connectivity index (χ3n) is 4.98. The van der Waals surface area contributed by atoms with Gasteiger partial charge >= 0.3 is 0 Å². The maximum Gasteiger partial charge on any atom is 0.253 e. The monoisotopic (exact) mass is 350 g/mol. The Morgan fingerprint density at radius 3 is 2.76 bits per heavy atom. The fraction of sp³-hybridized carbons (Fsp3) is 0.333. The minimum absolute atomic E-state index is 0.147. The van der Waals surface area contributed by atoms with E-state index >= 15 is 0 Å². The van der Waals surface area contributed by atoms with Crippen molar-refractivity contribution in [3.05, 3.63) is 64.7 Å². The fourth-order valence-electron chi connectivity index (χ4n) is 3.49. The summed E-state index contributed by atoms with van der Waals surface area (Å²) in [5, 5.41) is 1.17. The highest BCUT2D eigenvalue weighted by molar-refractivity contribution is 7.18. The van der Waals surface area contributed by atoms with E-state index in [1.807, 2.05) is 23.1 Å². The smallest absolute Gasteiger partial charge is 0.253 e. The van der Waals surface area contributed by atoms with Crippen molar-refractivity contribution in [3.8, 4) is 0 Å². The van der Waals surface area contributed by atoms with E-state index in [1.165, 1.54) is 15.3 Å². The Bertz CT molecular complexity index is 851. The Hall–Kier alpha value is -2.20. The lowest BCUT2D eigenvalue weighted by atomic mass is 9.98. The van der Waals surface area contributed by atoms with Crippen LogP contribution in [0.1, 0.15) is 46.6 Å². The molecule has 0 bridgehead atoms. The normalized spacial score (nSPS) is 17.8. The lowest BCUT2D eigenvalue weighted by Crippen LogP contribution is -2.39. The van der Waals surface area contributed by atoms with Crippen molar-refractivity contribution in [1.29, 1.82) is 0 Å². The van der Waals surface area contributed by atoms with Crippen LogP contribution < -0.4 is 0 Å². The molecule has 1 saturated heterocycles. The van der Waals surface area contributed by atoms with Crippen LogP contribution in [0.3, 0.4) is 0 Å². The van der Waals surface area contributed by atoms with Gasteiger partial charge in [0.05, 0.1) is 15.2 Å². The van der Waals surface area contributed by atoms with Crippen molar-refractivity contribution in [3.63, 3.8) is 0 Å². The molecular weight excluding hydrogens is 328 g/mol. The van der Waals surface area contributed by atoms with Gasteiger partial charge in [-0.15, -0.1) is 11.3 Å². The molecule has 3 aromatic rings. The standard InChI is InChI=1S/C21H22N2OS/c1-2-15-9-11-16(12-10-15)21(24)23-13-5-6-17(14-23)20-22-18-7-3-4-8-19(18)25-20/h3-4,7-12,17H,2,5-6,13-14H2,1H3/t17-/m1/s1. The Labute approximate surface area is 152 Å². The third kappa shape index (κ3) is 3.31. The second-order valence-electron chi connectivity index (χ2n) is 6.66. The Morgan fingerprint density at radius 1 is 1.20 bits per heavy atom. The number of fused-ring (bicyclic) bond motifs is 1. The first-order valence-electron chi connectivity index (χ1n) is 8.98. The van der Waals surface area contributed by atoms with Gasteiger partial charge in [-0.1, -0.05) is 31.2 Å². The summed E-state index contributed by atoms with van der Waals surface area (Å²) in [6.45, 7) is 3.74. The molecule has 4 rings (SSSR count). The quantitative estimate of drug-likeness (QED) is 0.674. The highest BCUT2D eigenvalue weighted by Gasteiger charge is 2.27. The predicted octanol–water partition coefficient (Wildman–Crippen LogP) is 4.88. The molecule has 1 aromatic heterocycles. The maximum absolute atomic E-state index is 12.9. The van der Waals surface area contributed by atoms with E-state index in [2.05, 4.69) is 37.3 Å². The second kappa shape index (κ2) is 6.96. The van der Waals surface area contributed by atoms with Gasteiger partial charge in [-0.3, -0.25) is 4.79 Å². The average Bonchev–Trinajstić information content (AvgIpc) is 3.12. The summed E-state index contributed by atoms with van der Waals surface area (Å²) in [4.78, 5) is 19.7. The number of nitrogens with zero attached hydrogens (tertiary/aromatic N) is 2. The molecule has 0 aliphatic carbocycles. The average molecular weight is 350 g/mol. The van der Waals surface area contributed by atoms with Crippen LogP contribution in [0, 0.1) is 0 Å². The van der Waals surface area contributed by atoms with E-state index in [0.29, 0.717) is 5.92 Å². The molecule has 0 N–H and O–H groups in total. The van der Waals surface area contributed by atoms with Crippen LogP contribution in [0.15, 0.2) is 48.5 Å². The van der Waals surface area contributed by atoms with Gasteiger partial charge in [0.1, 0.15) is 0 Å². The summed E-state index contributed by atoms with van der Waals surface area (Å²) in [5.74, 6) is 0.499. The number of aryl methyl sites for hydroxylation is 1. The molecule has 4 heteroatoms. The summed E-state index contributed by atoms with van der Waals surface area (Å²) < 4.78 is 1.23. The summed E-state index contributed by atoms with van der Waals surface area (Å²) in [6.07, 6.45) is 3.15. The van der Waals surface area contributed by atoms with Crippen LogP contribution in [0.5, 0.6) is 0 Å². The fourth-order valence-corrected chi connectivity index (χ4v) is 4.59. The number of amides is 1. The molecule has 1 atom stereocenters. The third-order valence-corrected chi connectivity index (χ3v) is 6.18. The summed E-state index contributed by atoms with van der Waals surface area (Å²) in [7, 11) is 0. The number of thiazole rings is 1. The van der Waals surface area contributed by atoms with Crippen LogP contribution in [-0.4, -0.2) is 28.9 Å². The van der Waals surface area contributed by atoms with Gasteiger partial charge in [-0.05, 0) is 49.1 Å². The minimum Gasteiger partial charge on any atom is -0.338 e. The molecule has 3 nitrogen and oxygen atoms in total. The zero-order chi connectivity index (χ0) is 17.2. The molecule has 2 heterocycles. The van der Waals surface area contributed by atoms with E-state index in [0.717, 1.165) is 43.4 Å². The van der Waals surface area contributed by atoms with E-state index in [-0.39, 0.29) is 5.91 Å². The number of carbonyl (C=O) groups is 1. The van der Waals surface area contributed by atoms with Gasteiger partial charge in [0.15, 0.2) is 0 Å². The van der Waals surface area contributed by atoms with Gasteiger partial charge in [-0.2, -0.15) is 0 Å². The van der Waals surface area contributed by atoms with Crippen LogP contribution in [-0.2, 0) is 6.42 Å². The minimum atomic E-state index is 0.147. The molecule has 1 fully saturated rings. The zero-order valence-electron chi connectivity index (χ0n) is 14.4. The molecule has 0 radical (unpaired) electrons. The van der Waals surface area contributed by atoms with E-state index in [4.69, 9.17) is 4.98 Å². The number of hydrogen-bond donors (Lipinski definition) is 0. The van der Waals surface area contributed by atoms with E-state index in [1.54, 1.807) is 11.3 Å². The van der Waals surface area contributed by atoms with Gasteiger partial charge in [0.2, 0.25) is 0 Å². The number of benzene rings is 2. The molecule has 1 amide bonds. The van der Waals surface area contributed by atoms with Crippen LogP contribution in [0.25, 0.3) is 10.2 Å². The van der Waals surface area contributed by atoms with Gasteiger partial charge in [0, 0.05) is 24.6 Å². The number of carbonyl (C=O) groups excluding carboxylic acids is 1. The second-order valence-corrected chi connectivity index (χ2v) is 7.72. The predicted molar refractivity (Wildman–Crippen MR) is 103 cm³/mol. The summed E-state index contributed by atoms with van der Waals surface area (Å²) in [6, 6.07) is 16.3. The maximum atomic E-state index is 12.9. The highest BCUT2D eigenvalue weighted by atomic mass is 32.1. The number of aromatic nitrogens is 1. The van der Waals surface area contributed by atoms with E-state index < -0.39 is 0 Å². The Morgan fingerprint density at radius 2 is 2.00 bits per heavy atom. The summed E-state index contributed by atoms with van der Waals surface area (Å²) >= 11 is 1.77. The molecule has 0 unspecified atom stereocenters. The number of para-hydroxylation sites is 1. The molecule has 1 aliphatic rings. The number of hydrogen-bond acceptors (Lipinski definition) is 3. The first kappa shape index (κ1) is 16.3. The van der Waals surface area contributed by atoms with Crippen molar-refractivity contribution in [2.75, 3.05) is 13.1 Å². The zero-order valence-corrected chi connectivity index (χ0v) is 15.3.